The minimum Gasteiger partial charge on any atom is -0.480 e. The Morgan fingerprint density at radius 1 is 1.14 bits per heavy atom. The zero-order chi connectivity index (χ0) is 14.8. The van der Waals surface area contributed by atoms with E-state index in [1.165, 1.54) is 0 Å². The fourth-order valence-corrected chi connectivity index (χ4v) is 3.32. The summed E-state index contributed by atoms with van der Waals surface area (Å²) in [6.07, 6.45) is 2.90. The van der Waals surface area contributed by atoms with Crippen molar-refractivity contribution in [3.05, 3.63) is 35.4 Å². The van der Waals surface area contributed by atoms with Crippen molar-refractivity contribution < 1.29 is 14.7 Å². The van der Waals surface area contributed by atoms with Gasteiger partial charge in [0, 0.05) is 19.6 Å². The molecule has 0 aliphatic carbocycles. The van der Waals surface area contributed by atoms with Crippen LogP contribution in [0.5, 0.6) is 0 Å². The number of carbonyl (C=O) groups is 2. The van der Waals surface area contributed by atoms with Crippen molar-refractivity contribution in [3.63, 3.8) is 0 Å². The quantitative estimate of drug-likeness (QED) is 0.910. The number of carbonyl (C=O) groups excluding carboxylic acids is 1. The van der Waals surface area contributed by atoms with Gasteiger partial charge in [-0.05, 0) is 30.4 Å². The van der Waals surface area contributed by atoms with Gasteiger partial charge in [0.1, 0.15) is 6.04 Å². The zero-order valence-corrected chi connectivity index (χ0v) is 12.0. The van der Waals surface area contributed by atoms with Gasteiger partial charge < -0.3 is 10.0 Å². The number of aliphatic carboxylic acids is 1. The molecule has 1 amide bonds. The van der Waals surface area contributed by atoms with Crippen molar-refractivity contribution >= 4 is 11.9 Å². The molecule has 0 aromatic heterocycles. The molecular weight excluding hydrogens is 268 g/mol. The van der Waals surface area contributed by atoms with Crippen LogP contribution in [0.3, 0.4) is 0 Å². The fourth-order valence-electron chi connectivity index (χ4n) is 3.32. The number of likely N-dealkylation sites (tertiary alicyclic amines) is 1. The van der Waals surface area contributed by atoms with Gasteiger partial charge in [-0.15, -0.1) is 0 Å². The molecule has 1 N–H and O–H groups in total. The molecule has 112 valence electrons. The Hall–Kier alpha value is -1.88. The molecule has 1 aromatic carbocycles. The Kier molecular flexibility index (Phi) is 3.92. The summed E-state index contributed by atoms with van der Waals surface area (Å²) in [5.74, 6) is -0.825. The van der Waals surface area contributed by atoms with Gasteiger partial charge in [0.25, 0.3) is 0 Å². The predicted octanol–water partition coefficient (Wildman–Crippen LogP) is 1.29. The maximum absolute atomic E-state index is 12.3. The van der Waals surface area contributed by atoms with Crippen molar-refractivity contribution in [1.29, 1.82) is 0 Å². The molecular formula is C16H20N2O3. The fraction of sp³-hybridized carbons (Fsp3) is 0.500. The largest absolute Gasteiger partial charge is 0.480 e. The topological polar surface area (TPSA) is 60.9 Å². The molecule has 0 radical (unpaired) electrons. The number of amides is 1. The molecule has 2 heterocycles. The van der Waals surface area contributed by atoms with E-state index >= 15 is 0 Å². The summed E-state index contributed by atoms with van der Waals surface area (Å²) >= 11 is 0. The van der Waals surface area contributed by atoms with Crippen LogP contribution >= 0.6 is 0 Å². The third-order valence-corrected chi connectivity index (χ3v) is 4.41. The third-order valence-electron chi connectivity index (χ3n) is 4.41. The summed E-state index contributed by atoms with van der Waals surface area (Å²) in [6, 6.07) is 6.93. The highest BCUT2D eigenvalue weighted by Gasteiger charge is 2.34. The first-order valence-corrected chi connectivity index (χ1v) is 7.49. The van der Waals surface area contributed by atoms with Crippen molar-refractivity contribution in [2.75, 3.05) is 26.2 Å². The Bertz CT molecular complexity index is 552. The number of benzene rings is 1. The van der Waals surface area contributed by atoms with E-state index in [-0.39, 0.29) is 12.5 Å². The normalized spacial score (nSPS) is 22.1. The molecule has 1 aromatic rings. The molecule has 21 heavy (non-hydrogen) atoms. The van der Waals surface area contributed by atoms with E-state index < -0.39 is 12.0 Å². The molecule has 0 spiro atoms. The van der Waals surface area contributed by atoms with Crippen LogP contribution in [-0.4, -0.2) is 53.0 Å². The minimum absolute atomic E-state index is 0.0538. The molecule has 2 aliphatic rings. The average Bonchev–Trinajstić information content (AvgIpc) is 3.01. The van der Waals surface area contributed by atoms with Gasteiger partial charge >= 0.3 is 5.97 Å². The molecule has 1 fully saturated rings. The number of rotatable bonds is 3. The molecule has 1 saturated heterocycles. The summed E-state index contributed by atoms with van der Waals surface area (Å²) in [5.41, 5.74) is 1.90. The lowest BCUT2D eigenvalue weighted by Crippen LogP contribution is -2.45. The van der Waals surface area contributed by atoms with Gasteiger partial charge in [0.15, 0.2) is 0 Å². The molecule has 1 atom stereocenters. The van der Waals surface area contributed by atoms with Gasteiger partial charge in [0.05, 0.1) is 6.54 Å². The van der Waals surface area contributed by atoms with E-state index in [2.05, 4.69) is 0 Å². The summed E-state index contributed by atoms with van der Waals surface area (Å²) in [6.45, 7) is 2.43. The summed E-state index contributed by atoms with van der Waals surface area (Å²) in [5, 5.41) is 9.57. The van der Waals surface area contributed by atoms with E-state index in [0.717, 1.165) is 43.5 Å². The minimum atomic E-state index is -0.878. The monoisotopic (exact) mass is 288 g/mol. The number of hydrogen-bond donors (Lipinski definition) is 1. The first-order valence-electron chi connectivity index (χ1n) is 7.49. The van der Waals surface area contributed by atoms with Crippen LogP contribution in [0, 0.1) is 0 Å². The Balaban J connectivity index is 1.79. The lowest BCUT2D eigenvalue weighted by atomic mass is 9.92. The highest BCUT2D eigenvalue weighted by molar-refractivity contribution is 5.81. The van der Waals surface area contributed by atoms with Crippen molar-refractivity contribution in [1.82, 2.24) is 9.80 Å². The molecule has 5 heteroatoms. The Morgan fingerprint density at radius 3 is 2.57 bits per heavy atom. The first-order chi connectivity index (χ1) is 10.2. The first kappa shape index (κ1) is 14.1. The van der Waals surface area contributed by atoms with Crippen LogP contribution in [-0.2, 0) is 16.0 Å². The third kappa shape index (κ3) is 2.78. The van der Waals surface area contributed by atoms with Crippen molar-refractivity contribution in [2.45, 2.75) is 25.3 Å². The number of carboxylic acids is 1. The number of nitrogens with zero attached hydrogens (tertiary/aromatic N) is 2. The van der Waals surface area contributed by atoms with Crippen LogP contribution in [0.15, 0.2) is 24.3 Å². The summed E-state index contributed by atoms with van der Waals surface area (Å²) < 4.78 is 0. The van der Waals surface area contributed by atoms with E-state index in [1.807, 2.05) is 29.2 Å². The van der Waals surface area contributed by atoms with Crippen LogP contribution in [0.25, 0.3) is 0 Å². The molecule has 3 rings (SSSR count). The maximum atomic E-state index is 12.3. The second-order valence-electron chi connectivity index (χ2n) is 5.75. The van der Waals surface area contributed by atoms with E-state index in [4.69, 9.17) is 0 Å². The lowest BCUT2D eigenvalue weighted by Gasteiger charge is -2.35. The zero-order valence-electron chi connectivity index (χ0n) is 12.0. The van der Waals surface area contributed by atoms with Crippen LogP contribution in [0.4, 0.5) is 0 Å². The van der Waals surface area contributed by atoms with Crippen LogP contribution in [0.1, 0.15) is 30.0 Å². The lowest BCUT2D eigenvalue weighted by molar-refractivity contribution is -0.145. The summed E-state index contributed by atoms with van der Waals surface area (Å²) in [4.78, 5) is 27.6. The standard InChI is InChI=1S/C16H20N2O3/c19-14(17-8-3-4-9-17)11-18-10-7-12-5-1-2-6-13(12)15(18)16(20)21/h1-2,5-6,15H,3-4,7-11H2,(H,20,21). The highest BCUT2D eigenvalue weighted by Crippen LogP contribution is 2.29. The molecule has 1 unspecified atom stereocenters. The van der Waals surface area contributed by atoms with Crippen LogP contribution in [0.2, 0.25) is 0 Å². The van der Waals surface area contributed by atoms with E-state index in [1.54, 1.807) is 4.90 Å². The molecule has 0 saturated carbocycles. The number of hydrogen-bond acceptors (Lipinski definition) is 3. The second-order valence-corrected chi connectivity index (χ2v) is 5.75. The summed E-state index contributed by atoms with van der Waals surface area (Å²) in [7, 11) is 0. The number of fused-ring (bicyclic) bond motifs is 1. The van der Waals surface area contributed by atoms with Gasteiger partial charge in [-0.3, -0.25) is 14.5 Å². The molecule has 5 nitrogen and oxygen atoms in total. The van der Waals surface area contributed by atoms with E-state index in [0.29, 0.717) is 6.54 Å². The molecule has 0 bridgehead atoms. The number of carboxylic acid groups (broad SMARTS) is 1. The second kappa shape index (κ2) is 5.85. The van der Waals surface area contributed by atoms with Gasteiger partial charge in [0.2, 0.25) is 5.91 Å². The van der Waals surface area contributed by atoms with Gasteiger partial charge in [-0.25, -0.2) is 0 Å². The van der Waals surface area contributed by atoms with Crippen molar-refractivity contribution in [2.24, 2.45) is 0 Å². The van der Waals surface area contributed by atoms with Gasteiger partial charge in [-0.2, -0.15) is 0 Å². The average molecular weight is 288 g/mol. The Morgan fingerprint density at radius 2 is 1.86 bits per heavy atom. The SMILES string of the molecule is O=C(O)C1c2ccccc2CCN1CC(=O)N1CCCC1. The highest BCUT2D eigenvalue weighted by atomic mass is 16.4. The van der Waals surface area contributed by atoms with Crippen LogP contribution < -0.4 is 0 Å². The predicted molar refractivity (Wildman–Crippen MR) is 77.9 cm³/mol. The van der Waals surface area contributed by atoms with E-state index in [9.17, 15) is 14.7 Å². The smallest absolute Gasteiger partial charge is 0.325 e. The van der Waals surface area contributed by atoms with Crippen molar-refractivity contribution in [3.8, 4) is 0 Å². The Labute approximate surface area is 124 Å². The maximum Gasteiger partial charge on any atom is 0.325 e. The van der Waals surface area contributed by atoms with Gasteiger partial charge in [-0.1, -0.05) is 24.3 Å². The molecule has 2 aliphatic heterocycles.